The Hall–Kier alpha value is -2.28. The van der Waals surface area contributed by atoms with Crippen molar-refractivity contribution in [3.8, 4) is 17.6 Å². The van der Waals surface area contributed by atoms with Gasteiger partial charge in [-0.05, 0) is 29.8 Å². The Kier molecular flexibility index (Phi) is 4.75. The third-order valence-corrected chi connectivity index (χ3v) is 3.72. The standard InChI is InChI=1S/C19H19NO2/c21-18-8-4-7-17(15-18)19(20-11-13-22-14-12-20)10-9-16-5-2-1-3-6-16/h1-8,15,19,21H,11-14H2. The summed E-state index contributed by atoms with van der Waals surface area (Å²) in [6, 6.07) is 17.3. The lowest BCUT2D eigenvalue weighted by atomic mass is 10.0. The van der Waals surface area contributed by atoms with Crippen molar-refractivity contribution in [1.82, 2.24) is 4.90 Å². The van der Waals surface area contributed by atoms with E-state index in [4.69, 9.17) is 4.74 Å². The van der Waals surface area contributed by atoms with Crippen molar-refractivity contribution in [2.75, 3.05) is 26.3 Å². The number of nitrogens with zero attached hydrogens (tertiary/aromatic N) is 1. The smallest absolute Gasteiger partial charge is 0.115 e. The summed E-state index contributed by atoms with van der Waals surface area (Å²) in [5.41, 5.74) is 2.02. The molecule has 3 heteroatoms. The van der Waals surface area contributed by atoms with E-state index in [0.717, 1.165) is 37.4 Å². The van der Waals surface area contributed by atoms with Crippen LogP contribution >= 0.6 is 0 Å². The Morgan fingerprint density at radius 3 is 2.50 bits per heavy atom. The third-order valence-electron chi connectivity index (χ3n) is 3.72. The SMILES string of the molecule is Oc1cccc(C(C#Cc2ccccc2)N2CCOCC2)c1. The predicted octanol–water partition coefficient (Wildman–Crippen LogP) is 2.82. The molecule has 22 heavy (non-hydrogen) atoms. The maximum absolute atomic E-state index is 9.75. The van der Waals surface area contributed by atoms with E-state index in [1.807, 2.05) is 42.5 Å². The van der Waals surface area contributed by atoms with Crippen LogP contribution in [0.15, 0.2) is 54.6 Å². The number of rotatable bonds is 2. The molecule has 3 nitrogen and oxygen atoms in total. The maximum atomic E-state index is 9.75. The third kappa shape index (κ3) is 3.67. The van der Waals surface area contributed by atoms with Crippen LogP contribution in [0.4, 0.5) is 0 Å². The Morgan fingerprint density at radius 1 is 1.00 bits per heavy atom. The van der Waals surface area contributed by atoms with Crippen molar-refractivity contribution in [3.63, 3.8) is 0 Å². The van der Waals surface area contributed by atoms with Crippen LogP contribution in [0.5, 0.6) is 5.75 Å². The van der Waals surface area contributed by atoms with Gasteiger partial charge in [0.25, 0.3) is 0 Å². The fourth-order valence-corrected chi connectivity index (χ4v) is 2.59. The van der Waals surface area contributed by atoms with Gasteiger partial charge in [0.15, 0.2) is 0 Å². The minimum atomic E-state index is -0.0313. The number of morpholine rings is 1. The van der Waals surface area contributed by atoms with Crippen molar-refractivity contribution in [2.45, 2.75) is 6.04 Å². The lowest BCUT2D eigenvalue weighted by Crippen LogP contribution is -2.38. The van der Waals surface area contributed by atoms with Crippen LogP contribution in [-0.2, 0) is 4.74 Å². The highest BCUT2D eigenvalue weighted by Crippen LogP contribution is 2.24. The van der Waals surface area contributed by atoms with E-state index in [-0.39, 0.29) is 11.8 Å². The first kappa shape index (κ1) is 14.6. The molecule has 0 spiro atoms. The number of phenolic OH excluding ortho intramolecular Hbond substituents is 1. The van der Waals surface area contributed by atoms with E-state index < -0.39 is 0 Å². The monoisotopic (exact) mass is 293 g/mol. The van der Waals surface area contributed by atoms with Crippen LogP contribution in [0.2, 0.25) is 0 Å². The molecule has 1 fully saturated rings. The Balaban J connectivity index is 1.91. The van der Waals surface area contributed by atoms with Gasteiger partial charge in [-0.1, -0.05) is 42.2 Å². The molecule has 1 N–H and O–H groups in total. The molecule has 1 heterocycles. The summed E-state index contributed by atoms with van der Waals surface area (Å²) < 4.78 is 5.43. The number of hydrogen-bond donors (Lipinski definition) is 1. The van der Waals surface area contributed by atoms with Gasteiger partial charge < -0.3 is 9.84 Å². The molecule has 1 saturated heterocycles. The molecular weight excluding hydrogens is 274 g/mol. The Labute approximate surface area is 131 Å². The molecule has 0 saturated carbocycles. The minimum absolute atomic E-state index is 0.0313. The summed E-state index contributed by atoms with van der Waals surface area (Å²) in [4.78, 5) is 2.30. The van der Waals surface area contributed by atoms with Crippen LogP contribution in [0, 0.1) is 11.8 Å². The normalized spacial score (nSPS) is 16.5. The van der Waals surface area contributed by atoms with E-state index in [1.165, 1.54) is 0 Å². The number of phenols is 1. The summed E-state index contributed by atoms with van der Waals surface area (Å²) in [6.45, 7) is 3.15. The first-order chi connectivity index (χ1) is 10.8. The van der Waals surface area contributed by atoms with Crippen molar-refractivity contribution < 1.29 is 9.84 Å². The topological polar surface area (TPSA) is 32.7 Å². The molecule has 0 bridgehead atoms. The molecule has 0 radical (unpaired) electrons. The highest BCUT2D eigenvalue weighted by Gasteiger charge is 2.21. The zero-order valence-electron chi connectivity index (χ0n) is 12.4. The van der Waals surface area contributed by atoms with Crippen molar-refractivity contribution in [3.05, 3.63) is 65.7 Å². The fourth-order valence-electron chi connectivity index (χ4n) is 2.59. The van der Waals surface area contributed by atoms with Crippen molar-refractivity contribution in [1.29, 1.82) is 0 Å². The molecule has 1 aliphatic rings. The molecule has 3 rings (SSSR count). The largest absolute Gasteiger partial charge is 0.508 e. The number of hydrogen-bond acceptors (Lipinski definition) is 3. The summed E-state index contributed by atoms with van der Waals surface area (Å²) >= 11 is 0. The van der Waals surface area contributed by atoms with Gasteiger partial charge in [-0.25, -0.2) is 0 Å². The predicted molar refractivity (Wildman–Crippen MR) is 86.6 cm³/mol. The zero-order chi connectivity index (χ0) is 15.2. The van der Waals surface area contributed by atoms with E-state index in [1.54, 1.807) is 12.1 Å². The van der Waals surface area contributed by atoms with Gasteiger partial charge in [0.1, 0.15) is 5.75 Å². The quantitative estimate of drug-likeness (QED) is 0.864. The summed E-state index contributed by atoms with van der Waals surface area (Å²) in [6.07, 6.45) is 0. The van der Waals surface area contributed by atoms with E-state index in [2.05, 4.69) is 16.7 Å². The Morgan fingerprint density at radius 2 is 1.77 bits per heavy atom. The lowest BCUT2D eigenvalue weighted by molar-refractivity contribution is 0.0269. The van der Waals surface area contributed by atoms with Gasteiger partial charge in [0.2, 0.25) is 0 Å². The summed E-state index contributed by atoms with van der Waals surface area (Å²) in [7, 11) is 0. The molecule has 1 aliphatic heterocycles. The molecule has 0 aromatic heterocycles. The van der Waals surface area contributed by atoms with Crippen LogP contribution in [0.3, 0.4) is 0 Å². The van der Waals surface area contributed by atoms with Gasteiger partial charge in [0.05, 0.1) is 19.3 Å². The van der Waals surface area contributed by atoms with Crippen LogP contribution in [0.1, 0.15) is 17.2 Å². The molecule has 1 unspecified atom stereocenters. The summed E-state index contributed by atoms with van der Waals surface area (Å²) in [5.74, 6) is 6.88. The Bertz CT molecular complexity index is 667. The second-order valence-electron chi connectivity index (χ2n) is 5.28. The van der Waals surface area contributed by atoms with Crippen molar-refractivity contribution in [2.24, 2.45) is 0 Å². The minimum Gasteiger partial charge on any atom is -0.508 e. The molecule has 0 amide bonds. The highest BCUT2D eigenvalue weighted by molar-refractivity contribution is 5.39. The zero-order valence-corrected chi connectivity index (χ0v) is 12.4. The van der Waals surface area contributed by atoms with Gasteiger partial charge in [-0.2, -0.15) is 0 Å². The van der Waals surface area contributed by atoms with E-state index in [0.29, 0.717) is 0 Å². The summed E-state index contributed by atoms with van der Waals surface area (Å²) in [5, 5.41) is 9.75. The van der Waals surface area contributed by atoms with E-state index >= 15 is 0 Å². The van der Waals surface area contributed by atoms with Gasteiger partial charge >= 0.3 is 0 Å². The average Bonchev–Trinajstić information content (AvgIpc) is 2.57. The molecule has 1 atom stereocenters. The number of benzene rings is 2. The van der Waals surface area contributed by atoms with Crippen LogP contribution in [-0.4, -0.2) is 36.3 Å². The second-order valence-corrected chi connectivity index (χ2v) is 5.28. The van der Waals surface area contributed by atoms with Crippen LogP contribution in [0.25, 0.3) is 0 Å². The van der Waals surface area contributed by atoms with Gasteiger partial charge in [0, 0.05) is 18.7 Å². The lowest BCUT2D eigenvalue weighted by Gasteiger charge is -2.31. The first-order valence-electron chi connectivity index (χ1n) is 7.50. The molecule has 2 aromatic carbocycles. The maximum Gasteiger partial charge on any atom is 0.115 e. The first-order valence-corrected chi connectivity index (χ1v) is 7.50. The van der Waals surface area contributed by atoms with Crippen LogP contribution < -0.4 is 0 Å². The highest BCUT2D eigenvalue weighted by atomic mass is 16.5. The number of ether oxygens (including phenoxy) is 1. The van der Waals surface area contributed by atoms with Crippen molar-refractivity contribution >= 4 is 0 Å². The van der Waals surface area contributed by atoms with Gasteiger partial charge in [-0.3, -0.25) is 4.90 Å². The second kappa shape index (κ2) is 7.13. The molecular formula is C19H19NO2. The number of aromatic hydroxyl groups is 1. The molecule has 112 valence electrons. The molecule has 0 aliphatic carbocycles. The van der Waals surface area contributed by atoms with Gasteiger partial charge in [-0.15, -0.1) is 0 Å². The average molecular weight is 293 g/mol. The fraction of sp³-hybridized carbons (Fsp3) is 0.263. The van der Waals surface area contributed by atoms with E-state index in [9.17, 15) is 5.11 Å². The molecule has 2 aromatic rings.